The number of halogens is 1. The zero-order valence-corrected chi connectivity index (χ0v) is 12.1. The molecule has 0 aliphatic heterocycles. The van der Waals surface area contributed by atoms with Gasteiger partial charge in [0.15, 0.2) is 0 Å². The number of nitrogens with one attached hydrogen (secondary N) is 1. The Morgan fingerprint density at radius 2 is 2.06 bits per heavy atom. The number of aliphatic carboxylic acids is 1. The van der Waals surface area contributed by atoms with Crippen LogP contribution >= 0.6 is 22.6 Å². The van der Waals surface area contributed by atoms with Crippen molar-refractivity contribution in [2.45, 2.75) is 38.8 Å². The summed E-state index contributed by atoms with van der Waals surface area (Å²) in [6, 6.07) is 7.66. The summed E-state index contributed by atoms with van der Waals surface area (Å²) in [4.78, 5) is 11.0. The van der Waals surface area contributed by atoms with E-state index in [4.69, 9.17) is 5.11 Å². The first kappa shape index (κ1) is 14.4. The quantitative estimate of drug-likeness (QED) is 0.746. The minimum atomic E-state index is -0.760. The van der Waals surface area contributed by atoms with E-state index < -0.39 is 12.0 Å². The van der Waals surface area contributed by atoms with E-state index in [1.54, 1.807) is 0 Å². The molecule has 0 saturated heterocycles. The van der Waals surface area contributed by atoms with Crippen LogP contribution in [0.5, 0.6) is 0 Å². The molecule has 0 fully saturated rings. The summed E-state index contributed by atoms with van der Waals surface area (Å²) in [5.41, 5.74) is 1.12. The molecule has 0 radical (unpaired) electrons. The summed E-state index contributed by atoms with van der Waals surface area (Å²) in [5, 5.41) is 12.1. The Balaban J connectivity index is 2.45. The Labute approximate surface area is 116 Å². The van der Waals surface area contributed by atoms with E-state index >= 15 is 0 Å². The Morgan fingerprint density at radius 1 is 1.41 bits per heavy atom. The summed E-state index contributed by atoms with van der Waals surface area (Å²) in [6.07, 6.45) is 2.65. The molecule has 4 heteroatoms. The van der Waals surface area contributed by atoms with E-state index in [0.717, 1.165) is 18.4 Å². The van der Waals surface area contributed by atoms with Crippen molar-refractivity contribution in [2.75, 3.05) is 0 Å². The number of carboxylic acids is 1. The molecular formula is C13H18INO2. The zero-order valence-electron chi connectivity index (χ0n) is 9.95. The molecule has 0 aliphatic rings. The maximum absolute atomic E-state index is 11.0. The van der Waals surface area contributed by atoms with Crippen molar-refractivity contribution in [1.82, 2.24) is 5.32 Å². The molecule has 17 heavy (non-hydrogen) atoms. The van der Waals surface area contributed by atoms with Crippen LogP contribution in [0.3, 0.4) is 0 Å². The summed E-state index contributed by atoms with van der Waals surface area (Å²) in [6.45, 7) is 2.68. The molecule has 0 saturated carbocycles. The lowest BCUT2D eigenvalue weighted by molar-refractivity contribution is -0.139. The van der Waals surface area contributed by atoms with Crippen LogP contribution in [0.25, 0.3) is 0 Å². The van der Waals surface area contributed by atoms with Crippen molar-refractivity contribution < 1.29 is 9.90 Å². The van der Waals surface area contributed by atoms with Gasteiger partial charge in [0.25, 0.3) is 0 Å². The Morgan fingerprint density at radius 3 is 2.59 bits per heavy atom. The predicted molar refractivity (Wildman–Crippen MR) is 76.9 cm³/mol. The van der Waals surface area contributed by atoms with E-state index in [2.05, 4.69) is 34.8 Å². The van der Waals surface area contributed by atoms with Crippen molar-refractivity contribution in [2.24, 2.45) is 0 Å². The highest BCUT2D eigenvalue weighted by Crippen LogP contribution is 2.08. The van der Waals surface area contributed by atoms with E-state index in [-0.39, 0.29) is 0 Å². The molecule has 0 aromatic heterocycles. The van der Waals surface area contributed by atoms with Gasteiger partial charge in [0.1, 0.15) is 6.04 Å². The van der Waals surface area contributed by atoms with Crippen LogP contribution in [-0.4, -0.2) is 17.1 Å². The SMILES string of the molecule is CCCC[C@H](NCc1ccc(I)cc1)C(=O)O. The van der Waals surface area contributed by atoms with Crippen LogP contribution in [-0.2, 0) is 11.3 Å². The van der Waals surface area contributed by atoms with Gasteiger partial charge in [-0.15, -0.1) is 0 Å². The molecule has 0 bridgehead atoms. The van der Waals surface area contributed by atoms with Crippen LogP contribution in [0.1, 0.15) is 31.7 Å². The lowest BCUT2D eigenvalue weighted by Gasteiger charge is -2.14. The third-order valence-corrected chi connectivity index (χ3v) is 3.33. The summed E-state index contributed by atoms with van der Waals surface area (Å²) in [5.74, 6) is -0.760. The minimum absolute atomic E-state index is 0.436. The molecule has 3 nitrogen and oxygen atoms in total. The fourth-order valence-electron chi connectivity index (χ4n) is 1.56. The highest BCUT2D eigenvalue weighted by atomic mass is 127. The van der Waals surface area contributed by atoms with E-state index in [9.17, 15) is 4.79 Å². The van der Waals surface area contributed by atoms with Crippen molar-refractivity contribution in [3.63, 3.8) is 0 Å². The van der Waals surface area contributed by atoms with E-state index in [1.165, 1.54) is 3.57 Å². The Hall–Kier alpha value is -0.620. The van der Waals surface area contributed by atoms with Crippen LogP contribution in [0.2, 0.25) is 0 Å². The maximum atomic E-state index is 11.0. The molecule has 1 aromatic carbocycles. The molecule has 0 spiro atoms. The number of hydrogen-bond acceptors (Lipinski definition) is 2. The third kappa shape index (κ3) is 5.50. The van der Waals surface area contributed by atoms with E-state index in [0.29, 0.717) is 13.0 Å². The second-order valence-corrected chi connectivity index (χ2v) is 5.29. The first-order valence-corrected chi connectivity index (χ1v) is 6.92. The van der Waals surface area contributed by atoms with Gasteiger partial charge in [-0.1, -0.05) is 31.9 Å². The van der Waals surface area contributed by atoms with Crippen LogP contribution < -0.4 is 5.32 Å². The van der Waals surface area contributed by atoms with Gasteiger partial charge in [0.2, 0.25) is 0 Å². The first-order valence-electron chi connectivity index (χ1n) is 5.84. The second-order valence-electron chi connectivity index (χ2n) is 4.04. The average molecular weight is 347 g/mol. The molecule has 1 atom stereocenters. The average Bonchev–Trinajstić information content (AvgIpc) is 2.31. The number of carbonyl (C=O) groups is 1. The van der Waals surface area contributed by atoms with Gasteiger partial charge >= 0.3 is 5.97 Å². The number of carboxylic acid groups (broad SMARTS) is 1. The second kappa shape index (κ2) is 7.66. The molecule has 2 N–H and O–H groups in total. The summed E-state index contributed by atoms with van der Waals surface area (Å²) in [7, 11) is 0. The normalized spacial score (nSPS) is 12.4. The number of rotatable bonds is 7. The topological polar surface area (TPSA) is 49.3 Å². The van der Waals surface area contributed by atoms with Gasteiger partial charge in [-0.25, -0.2) is 0 Å². The lowest BCUT2D eigenvalue weighted by atomic mass is 10.1. The van der Waals surface area contributed by atoms with Crippen molar-refractivity contribution >= 4 is 28.6 Å². The standard InChI is InChI=1S/C13H18INO2/c1-2-3-4-12(13(16)17)15-9-10-5-7-11(14)8-6-10/h5-8,12,15H,2-4,9H2,1H3,(H,16,17)/t12-/m0/s1. The summed E-state index contributed by atoms with van der Waals surface area (Å²) < 4.78 is 1.19. The molecule has 1 aromatic rings. The summed E-state index contributed by atoms with van der Waals surface area (Å²) >= 11 is 2.25. The highest BCUT2D eigenvalue weighted by molar-refractivity contribution is 14.1. The fourth-order valence-corrected chi connectivity index (χ4v) is 1.92. The molecule has 0 unspecified atom stereocenters. The van der Waals surface area contributed by atoms with Gasteiger partial charge < -0.3 is 10.4 Å². The predicted octanol–water partition coefficient (Wildman–Crippen LogP) is 3.02. The number of benzene rings is 1. The third-order valence-electron chi connectivity index (χ3n) is 2.61. The van der Waals surface area contributed by atoms with Crippen LogP contribution in [0.15, 0.2) is 24.3 Å². The molecule has 1 rings (SSSR count). The molecule has 0 heterocycles. The minimum Gasteiger partial charge on any atom is -0.480 e. The molecular weight excluding hydrogens is 329 g/mol. The monoisotopic (exact) mass is 347 g/mol. The van der Waals surface area contributed by atoms with Crippen molar-refractivity contribution in [3.8, 4) is 0 Å². The van der Waals surface area contributed by atoms with Gasteiger partial charge in [-0.05, 0) is 46.7 Å². The largest absolute Gasteiger partial charge is 0.480 e. The van der Waals surface area contributed by atoms with E-state index in [1.807, 2.05) is 24.3 Å². The maximum Gasteiger partial charge on any atom is 0.320 e. The van der Waals surface area contributed by atoms with Gasteiger partial charge in [-0.2, -0.15) is 0 Å². The first-order chi connectivity index (χ1) is 8.13. The molecule has 94 valence electrons. The van der Waals surface area contributed by atoms with Gasteiger partial charge in [0.05, 0.1) is 0 Å². The Kier molecular flexibility index (Phi) is 6.50. The number of unbranched alkanes of at least 4 members (excludes halogenated alkanes) is 1. The number of hydrogen-bond donors (Lipinski definition) is 2. The molecule has 0 aliphatic carbocycles. The van der Waals surface area contributed by atoms with Crippen LogP contribution in [0, 0.1) is 3.57 Å². The zero-order chi connectivity index (χ0) is 12.7. The van der Waals surface area contributed by atoms with Gasteiger partial charge in [0, 0.05) is 10.1 Å². The smallest absolute Gasteiger partial charge is 0.320 e. The fraction of sp³-hybridized carbons (Fsp3) is 0.462. The van der Waals surface area contributed by atoms with Crippen molar-refractivity contribution in [3.05, 3.63) is 33.4 Å². The Bertz CT molecular complexity index is 351. The highest BCUT2D eigenvalue weighted by Gasteiger charge is 2.15. The lowest BCUT2D eigenvalue weighted by Crippen LogP contribution is -2.36. The van der Waals surface area contributed by atoms with Crippen molar-refractivity contribution in [1.29, 1.82) is 0 Å². The molecule has 0 amide bonds. The van der Waals surface area contributed by atoms with Gasteiger partial charge in [-0.3, -0.25) is 4.79 Å². The van der Waals surface area contributed by atoms with Crippen LogP contribution in [0.4, 0.5) is 0 Å².